The molecule has 0 radical (unpaired) electrons. The van der Waals surface area contributed by atoms with Gasteiger partial charge in [0, 0.05) is 6.20 Å². The molecule has 0 aliphatic carbocycles. The van der Waals surface area contributed by atoms with Gasteiger partial charge in [0.25, 0.3) is 0 Å². The van der Waals surface area contributed by atoms with E-state index >= 15 is 0 Å². The molecular formula is C11H17N3. The average Bonchev–Trinajstić information content (AvgIpc) is 2.18. The third-order valence-corrected chi connectivity index (χ3v) is 1.96. The van der Waals surface area contributed by atoms with E-state index in [4.69, 9.17) is 0 Å². The van der Waals surface area contributed by atoms with Gasteiger partial charge in [0.15, 0.2) is 0 Å². The van der Waals surface area contributed by atoms with Crippen LogP contribution in [0.1, 0.15) is 32.0 Å². The van der Waals surface area contributed by atoms with Crippen LogP contribution in [-0.4, -0.2) is 16.5 Å². The molecule has 1 N–H and O–H groups in total. The molecule has 14 heavy (non-hydrogen) atoms. The Morgan fingerprint density at radius 2 is 2.43 bits per heavy atom. The van der Waals surface area contributed by atoms with Crippen molar-refractivity contribution in [3.63, 3.8) is 0 Å². The first-order valence-electron chi connectivity index (χ1n) is 4.87. The van der Waals surface area contributed by atoms with E-state index < -0.39 is 0 Å². The van der Waals surface area contributed by atoms with Gasteiger partial charge in [-0.25, -0.2) is 9.97 Å². The Balaban J connectivity index is 2.72. The lowest BCUT2D eigenvalue weighted by molar-refractivity contribution is 0.534. The summed E-state index contributed by atoms with van der Waals surface area (Å²) < 4.78 is 0. The van der Waals surface area contributed by atoms with Crippen LogP contribution in [-0.2, 0) is 0 Å². The fraction of sp³-hybridized carbons (Fsp3) is 0.455. The smallest absolute Gasteiger partial charge is 0.115 e. The van der Waals surface area contributed by atoms with Gasteiger partial charge in [-0.3, -0.25) is 0 Å². The Kier molecular flexibility index (Phi) is 4.26. The summed E-state index contributed by atoms with van der Waals surface area (Å²) in [5.41, 5.74) is 2.19. The van der Waals surface area contributed by atoms with Crippen LogP contribution in [0.5, 0.6) is 0 Å². The first-order chi connectivity index (χ1) is 6.74. The molecule has 0 saturated heterocycles. The van der Waals surface area contributed by atoms with Crippen LogP contribution in [0.4, 0.5) is 0 Å². The molecule has 3 heteroatoms. The zero-order valence-electron chi connectivity index (χ0n) is 8.83. The van der Waals surface area contributed by atoms with E-state index in [-0.39, 0.29) is 6.04 Å². The highest BCUT2D eigenvalue weighted by atomic mass is 14.9. The van der Waals surface area contributed by atoms with Gasteiger partial charge in [-0.1, -0.05) is 12.5 Å². The van der Waals surface area contributed by atoms with Gasteiger partial charge in [0.2, 0.25) is 0 Å². The van der Waals surface area contributed by atoms with E-state index in [1.807, 2.05) is 13.0 Å². The summed E-state index contributed by atoms with van der Waals surface area (Å²) in [6, 6.07) is 2.21. The maximum Gasteiger partial charge on any atom is 0.115 e. The summed E-state index contributed by atoms with van der Waals surface area (Å²) in [6.07, 6.45) is 4.27. The molecule has 0 bridgehead atoms. The predicted molar refractivity (Wildman–Crippen MR) is 57.9 cm³/mol. The average molecular weight is 191 g/mol. The molecule has 1 aromatic rings. The van der Waals surface area contributed by atoms with Gasteiger partial charge in [0.1, 0.15) is 6.33 Å². The van der Waals surface area contributed by atoms with Gasteiger partial charge in [-0.05, 0) is 26.0 Å². The first-order valence-corrected chi connectivity index (χ1v) is 4.87. The van der Waals surface area contributed by atoms with Crippen LogP contribution in [0.25, 0.3) is 0 Å². The van der Waals surface area contributed by atoms with Gasteiger partial charge in [-0.2, -0.15) is 0 Å². The van der Waals surface area contributed by atoms with Gasteiger partial charge in [-0.15, -0.1) is 6.58 Å². The molecule has 0 amide bonds. The molecule has 3 nitrogen and oxygen atoms in total. The van der Waals surface area contributed by atoms with Crippen LogP contribution in [0.2, 0.25) is 0 Å². The summed E-state index contributed by atoms with van der Waals surface area (Å²) in [6.45, 7) is 8.97. The van der Waals surface area contributed by atoms with E-state index in [0.29, 0.717) is 0 Å². The van der Waals surface area contributed by atoms with Crippen LogP contribution in [0, 0.1) is 0 Å². The van der Waals surface area contributed by atoms with Crippen molar-refractivity contribution in [3.8, 4) is 0 Å². The minimum absolute atomic E-state index is 0.264. The van der Waals surface area contributed by atoms with Crippen LogP contribution < -0.4 is 5.32 Å². The maximum atomic E-state index is 4.24. The molecule has 0 saturated carbocycles. The molecular weight excluding hydrogens is 174 g/mol. The summed E-state index contributed by atoms with van der Waals surface area (Å²) in [5.74, 6) is 0. The lowest BCUT2D eigenvalue weighted by Gasteiger charge is -2.16. The molecule has 1 rings (SSSR count). The molecule has 1 heterocycles. The molecule has 0 aromatic carbocycles. The molecule has 0 aliphatic heterocycles. The lowest BCUT2D eigenvalue weighted by atomic mass is 10.1. The minimum atomic E-state index is 0.264. The molecule has 0 fully saturated rings. The largest absolute Gasteiger partial charge is 0.309 e. The summed E-state index contributed by atoms with van der Waals surface area (Å²) >= 11 is 0. The highest BCUT2D eigenvalue weighted by Gasteiger charge is 2.10. The third kappa shape index (κ3) is 3.26. The number of rotatable bonds is 5. The number of nitrogens with one attached hydrogen (secondary N) is 1. The fourth-order valence-electron chi connectivity index (χ4n) is 1.38. The SMILES string of the molecule is C=C(C)CC(NCC)c1ccncn1. The number of aromatic nitrogens is 2. The van der Waals surface area contributed by atoms with Crippen molar-refractivity contribution in [2.24, 2.45) is 0 Å². The van der Waals surface area contributed by atoms with Crippen molar-refractivity contribution in [3.05, 3.63) is 36.4 Å². The third-order valence-electron chi connectivity index (χ3n) is 1.96. The van der Waals surface area contributed by atoms with Crippen molar-refractivity contribution >= 4 is 0 Å². The topological polar surface area (TPSA) is 37.8 Å². The van der Waals surface area contributed by atoms with Crippen LogP contribution in [0.15, 0.2) is 30.7 Å². The van der Waals surface area contributed by atoms with Gasteiger partial charge >= 0.3 is 0 Å². The monoisotopic (exact) mass is 191 g/mol. The van der Waals surface area contributed by atoms with Crippen molar-refractivity contribution < 1.29 is 0 Å². The Morgan fingerprint density at radius 1 is 1.64 bits per heavy atom. The lowest BCUT2D eigenvalue weighted by Crippen LogP contribution is -2.22. The molecule has 1 unspecified atom stereocenters. The fourth-order valence-corrected chi connectivity index (χ4v) is 1.38. The zero-order valence-corrected chi connectivity index (χ0v) is 8.83. The normalized spacial score (nSPS) is 12.4. The van der Waals surface area contributed by atoms with E-state index in [9.17, 15) is 0 Å². The highest BCUT2D eigenvalue weighted by Crippen LogP contribution is 2.17. The van der Waals surface area contributed by atoms with E-state index in [1.165, 1.54) is 0 Å². The van der Waals surface area contributed by atoms with Crippen molar-refractivity contribution in [2.75, 3.05) is 6.54 Å². The number of hydrogen-bond donors (Lipinski definition) is 1. The molecule has 1 atom stereocenters. The highest BCUT2D eigenvalue weighted by molar-refractivity contribution is 5.08. The first kappa shape index (κ1) is 10.9. The second-order valence-electron chi connectivity index (χ2n) is 3.41. The van der Waals surface area contributed by atoms with Crippen molar-refractivity contribution in [1.29, 1.82) is 0 Å². The summed E-state index contributed by atoms with van der Waals surface area (Å²) in [5, 5.41) is 3.38. The molecule has 0 spiro atoms. The Bertz CT molecular complexity index is 282. The van der Waals surface area contributed by atoms with Gasteiger partial charge < -0.3 is 5.32 Å². The molecule has 1 aromatic heterocycles. The van der Waals surface area contributed by atoms with Crippen molar-refractivity contribution in [2.45, 2.75) is 26.3 Å². The second kappa shape index (κ2) is 5.50. The van der Waals surface area contributed by atoms with E-state index in [0.717, 1.165) is 24.2 Å². The van der Waals surface area contributed by atoms with E-state index in [2.05, 4.69) is 28.8 Å². The molecule has 76 valence electrons. The van der Waals surface area contributed by atoms with Crippen LogP contribution in [0.3, 0.4) is 0 Å². The maximum absolute atomic E-state index is 4.24. The Labute approximate surface area is 85.3 Å². The Hall–Kier alpha value is -1.22. The molecule has 0 aliphatic rings. The van der Waals surface area contributed by atoms with E-state index in [1.54, 1.807) is 12.5 Å². The number of nitrogens with zero attached hydrogens (tertiary/aromatic N) is 2. The van der Waals surface area contributed by atoms with Crippen molar-refractivity contribution in [1.82, 2.24) is 15.3 Å². The summed E-state index contributed by atoms with van der Waals surface area (Å²) in [4.78, 5) is 8.14. The summed E-state index contributed by atoms with van der Waals surface area (Å²) in [7, 11) is 0. The quantitative estimate of drug-likeness (QED) is 0.724. The predicted octanol–water partition coefficient (Wildman–Crippen LogP) is 2.09. The second-order valence-corrected chi connectivity index (χ2v) is 3.41. The van der Waals surface area contributed by atoms with Crippen LogP contribution >= 0.6 is 0 Å². The Morgan fingerprint density at radius 3 is 2.93 bits per heavy atom. The number of hydrogen-bond acceptors (Lipinski definition) is 3. The standard InChI is InChI=1S/C11H17N3/c1-4-13-11(7-9(2)3)10-5-6-12-8-14-10/h5-6,8,11,13H,2,4,7H2,1,3H3. The van der Waals surface area contributed by atoms with Gasteiger partial charge in [0.05, 0.1) is 11.7 Å². The zero-order chi connectivity index (χ0) is 10.4. The minimum Gasteiger partial charge on any atom is -0.309 e.